The molecular formula is C34H46N4O3. The molecule has 41 heavy (non-hydrogen) atoms. The van der Waals surface area contributed by atoms with Crippen molar-refractivity contribution in [2.45, 2.75) is 70.8 Å². The number of nitrogens with zero attached hydrogens (tertiary/aromatic N) is 4. The van der Waals surface area contributed by atoms with Crippen LogP contribution < -0.4 is 4.74 Å². The van der Waals surface area contributed by atoms with Gasteiger partial charge < -0.3 is 14.5 Å². The van der Waals surface area contributed by atoms with E-state index in [1.54, 1.807) is 0 Å². The number of hydrogen-bond acceptors (Lipinski definition) is 5. The highest BCUT2D eigenvalue weighted by Crippen LogP contribution is 2.39. The minimum Gasteiger partial charge on any atom is -0.492 e. The van der Waals surface area contributed by atoms with Crippen molar-refractivity contribution in [3.05, 3.63) is 59.9 Å². The Kier molecular flexibility index (Phi) is 8.90. The third kappa shape index (κ3) is 6.77. The number of hydrogen-bond donors (Lipinski definition) is 0. The summed E-state index contributed by atoms with van der Waals surface area (Å²) in [4.78, 5) is 37.4. The van der Waals surface area contributed by atoms with Gasteiger partial charge in [0.15, 0.2) is 0 Å². The van der Waals surface area contributed by atoms with Crippen LogP contribution in [0.5, 0.6) is 5.75 Å². The SMILES string of the molecule is O=C(C1CN(C(=O)C2CCCC2)C1)N1CCC2(CCCCc3ccccc3OCCN(Cc3ccccn3)C2)CC1. The van der Waals surface area contributed by atoms with Crippen LogP contribution in [-0.2, 0) is 22.6 Å². The minimum atomic E-state index is -0.0106. The number of rotatable bonds is 4. The number of para-hydroxylation sites is 1. The first kappa shape index (κ1) is 28.2. The number of amides is 2. The minimum absolute atomic E-state index is 0.0106. The number of pyridine rings is 1. The molecule has 3 fully saturated rings. The van der Waals surface area contributed by atoms with Crippen LogP contribution in [0.15, 0.2) is 48.7 Å². The summed E-state index contributed by atoms with van der Waals surface area (Å²) in [6.45, 7) is 6.20. The summed E-state index contributed by atoms with van der Waals surface area (Å²) in [5.74, 6) is 1.76. The fourth-order valence-corrected chi connectivity index (χ4v) is 7.55. The highest BCUT2D eigenvalue weighted by atomic mass is 16.5. The smallest absolute Gasteiger partial charge is 0.229 e. The first-order valence-corrected chi connectivity index (χ1v) is 16.0. The van der Waals surface area contributed by atoms with Crippen molar-refractivity contribution in [2.24, 2.45) is 17.3 Å². The van der Waals surface area contributed by atoms with Crippen LogP contribution in [0.2, 0.25) is 0 Å². The zero-order valence-electron chi connectivity index (χ0n) is 24.5. The second-order valence-corrected chi connectivity index (χ2v) is 12.9. The maximum atomic E-state index is 13.4. The molecule has 1 spiro atoms. The van der Waals surface area contributed by atoms with E-state index in [1.165, 1.54) is 31.2 Å². The summed E-state index contributed by atoms with van der Waals surface area (Å²) in [7, 11) is 0. The van der Waals surface area contributed by atoms with Gasteiger partial charge in [0.1, 0.15) is 12.4 Å². The van der Waals surface area contributed by atoms with Gasteiger partial charge >= 0.3 is 0 Å². The Morgan fingerprint density at radius 2 is 1.59 bits per heavy atom. The number of carbonyl (C=O) groups is 2. The van der Waals surface area contributed by atoms with E-state index >= 15 is 0 Å². The summed E-state index contributed by atoms with van der Waals surface area (Å²) in [6, 6.07) is 14.6. The van der Waals surface area contributed by atoms with Crippen molar-refractivity contribution in [3.8, 4) is 5.75 Å². The highest BCUT2D eigenvalue weighted by molar-refractivity contribution is 5.85. The number of ether oxygens (including phenoxy) is 1. The molecule has 4 aliphatic rings. The Morgan fingerprint density at radius 3 is 2.37 bits per heavy atom. The average molecular weight is 559 g/mol. The Hall–Kier alpha value is -2.93. The number of piperidine rings is 1. The molecule has 0 atom stereocenters. The third-order valence-electron chi connectivity index (χ3n) is 10.1. The fraction of sp³-hybridized carbons (Fsp3) is 0.618. The lowest BCUT2D eigenvalue weighted by Crippen LogP contribution is -2.59. The van der Waals surface area contributed by atoms with Gasteiger partial charge in [0.2, 0.25) is 11.8 Å². The second-order valence-electron chi connectivity index (χ2n) is 12.9. The quantitative estimate of drug-likeness (QED) is 0.532. The van der Waals surface area contributed by atoms with Crippen LogP contribution in [0.25, 0.3) is 0 Å². The molecule has 0 N–H and O–H groups in total. The fourth-order valence-electron chi connectivity index (χ4n) is 7.55. The van der Waals surface area contributed by atoms with Crippen molar-refractivity contribution in [1.29, 1.82) is 0 Å². The number of aryl methyl sites for hydroxylation is 1. The maximum absolute atomic E-state index is 13.4. The molecule has 1 aromatic carbocycles. The molecule has 4 heterocycles. The Labute approximate surface area is 245 Å². The van der Waals surface area contributed by atoms with Gasteiger partial charge in [-0.1, -0.05) is 43.5 Å². The van der Waals surface area contributed by atoms with Crippen molar-refractivity contribution < 1.29 is 14.3 Å². The van der Waals surface area contributed by atoms with Crippen LogP contribution in [-0.4, -0.2) is 77.4 Å². The highest BCUT2D eigenvalue weighted by Gasteiger charge is 2.43. The van der Waals surface area contributed by atoms with E-state index < -0.39 is 0 Å². The van der Waals surface area contributed by atoms with Gasteiger partial charge in [0.25, 0.3) is 0 Å². The lowest BCUT2D eigenvalue weighted by molar-refractivity contribution is -0.152. The van der Waals surface area contributed by atoms with Crippen molar-refractivity contribution >= 4 is 11.8 Å². The van der Waals surface area contributed by atoms with Gasteiger partial charge in [0, 0.05) is 57.9 Å². The van der Waals surface area contributed by atoms with Gasteiger partial charge in [-0.05, 0) is 74.1 Å². The largest absolute Gasteiger partial charge is 0.492 e. The average Bonchev–Trinajstić information content (AvgIpc) is 3.51. The number of carbonyl (C=O) groups excluding carboxylic acids is 2. The Bertz CT molecular complexity index is 1170. The van der Waals surface area contributed by atoms with Crippen LogP contribution in [0, 0.1) is 17.3 Å². The molecule has 1 saturated carbocycles. The number of likely N-dealkylation sites (tertiary alicyclic amines) is 2. The molecule has 220 valence electrons. The Balaban J connectivity index is 1.09. The molecule has 2 saturated heterocycles. The first-order valence-electron chi connectivity index (χ1n) is 16.0. The van der Waals surface area contributed by atoms with Gasteiger partial charge in [-0.15, -0.1) is 0 Å². The third-order valence-corrected chi connectivity index (χ3v) is 10.1. The van der Waals surface area contributed by atoms with E-state index in [1.807, 2.05) is 17.2 Å². The summed E-state index contributed by atoms with van der Waals surface area (Å²) in [5, 5.41) is 0. The van der Waals surface area contributed by atoms with E-state index in [0.717, 1.165) is 82.7 Å². The summed E-state index contributed by atoms with van der Waals surface area (Å²) in [5.41, 5.74) is 2.58. The van der Waals surface area contributed by atoms with Crippen molar-refractivity contribution in [3.63, 3.8) is 0 Å². The monoisotopic (exact) mass is 558 g/mol. The van der Waals surface area contributed by atoms with Crippen LogP contribution in [0.3, 0.4) is 0 Å². The lowest BCUT2D eigenvalue weighted by atomic mass is 9.73. The van der Waals surface area contributed by atoms with Crippen LogP contribution >= 0.6 is 0 Å². The van der Waals surface area contributed by atoms with E-state index in [2.05, 4.69) is 51.2 Å². The predicted molar refractivity (Wildman–Crippen MR) is 159 cm³/mol. The lowest BCUT2D eigenvalue weighted by Gasteiger charge is -2.47. The molecule has 1 aromatic heterocycles. The molecule has 7 heteroatoms. The van der Waals surface area contributed by atoms with Crippen LogP contribution in [0.1, 0.15) is 69.0 Å². The van der Waals surface area contributed by atoms with Gasteiger partial charge in [-0.2, -0.15) is 0 Å². The summed E-state index contributed by atoms with van der Waals surface area (Å²) >= 11 is 0. The molecule has 3 aliphatic heterocycles. The zero-order chi connectivity index (χ0) is 28.1. The standard InChI is InChI=1S/C34H46N4O3/c39-32(28-11-1-2-12-28)38-23-29(24-38)33(40)37-19-16-34(17-20-37)15-7-5-10-27-9-3-4-14-31(27)41-22-21-36(26-34)25-30-13-6-8-18-35-30/h3-4,6,8-9,13-14,18,28-29H,1-2,5,7,10-12,15-17,19-26H2. The molecule has 1 aliphatic carbocycles. The van der Waals surface area contributed by atoms with E-state index in [9.17, 15) is 9.59 Å². The van der Waals surface area contributed by atoms with Crippen LogP contribution in [0.4, 0.5) is 0 Å². The molecule has 0 radical (unpaired) electrons. The van der Waals surface area contributed by atoms with E-state index in [4.69, 9.17) is 4.74 Å². The van der Waals surface area contributed by atoms with Crippen molar-refractivity contribution in [1.82, 2.24) is 19.7 Å². The van der Waals surface area contributed by atoms with E-state index in [-0.39, 0.29) is 29.1 Å². The molecule has 6 rings (SSSR count). The topological polar surface area (TPSA) is 66.0 Å². The number of aromatic nitrogens is 1. The molecule has 2 amide bonds. The predicted octanol–water partition coefficient (Wildman–Crippen LogP) is 4.95. The Morgan fingerprint density at radius 1 is 0.829 bits per heavy atom. The molecule has 0 unspecified atom stereocenters. The van der Waals surface area contributed by atoms with Gasteiger partial charge in [-0.3, -0.25) is 19.5 Å². The number of fused-ring (bicyclic) bond motifs is 1. The van der Waals surface area contributed by atoms with Gasteiger partial charge in [0.05, 0.1) is 11.6 Å². The summed E-state index contributed by atoms with van der Waals surface area (Å²) in [6.07, 6.45) is 12.9. The summed E-state index contributed by atoms with van der Waals surface area (Å²) < 4.78 is 6.31. The van der Waals surface area contributed by atoms with E-state index in [0.29, 0.717) is 19.7 Å². The zero-order valence-corrected chi connectivity index (χ0v) is 24.5. The second kappa shape index (κ2) is 12.9. The first-order chi connectivity index (χ1) is 20.1. The normalized spacial score (nSPS) is 22.7. The molecular weight excluding hydrogens is 512 g/mol. The number of benzene rings is 1. The van der Waals surface area contributed by atoms with Gasteiger partial charge in [-0.25, -0.2) is 0 Å². The molecule has 0 bridgehead atoms. The molecule has 2 aromatic rings. The molecule has 7 nitrogen and oxygen atoms in total. The van der Waals surface area contributed by atoms with Crippen molar-refractivity contribution in [2.75, 3.05) is 45.9 Å². The maximum Gasteiger partial charge on any atom is 0.229 e.